The van der Waals surface area contributed by atoms with Gasteiger partial charge in [0.1, 0.15) is 11.4 Å². The van der Waals surface area contributed by atoms with Crippen molar-refractivity contribution in [1.29, 1.82) is 0 Å². The number of benzene rings is 2. The molecule has 8 nitrogen and oxygen atoms in total. The van der Waals surface area contributed by atoms with Gasteiger partial charge < -0.3 is 14.8 Å². The fourth-order valence-corrected chi connectivity index (χ4v) is 5.45. The van der Waals surface area contributed by atoms with Gasteiger partial charge in [-0.1, -0.05) is 36.4 Å². The summed E-state index contributed by atoms with van der Waals surface area (Å²) in [6, 6.07) is 15.3. The van der Waals surface area contributed by atoms with Crippen LogP contribution in [0.15, 0.2) is 58.1 Å². The number of aryl methyl sites for hydroxylation is 3. The highest BCUT2D eigenvalue weighted by atomic mass is 32.1. The standard InChI is InChI=1S/C28H31N3O5S/c1-18-19(2)37-27-25(18)26(33)30(15-13-20-8-6-5-7-9-20)28(34)31(27)17-24(32)29-14-12-21-10-11-22(35-3)23(16-21)36-4/h5-11,16H,12-15,17H2,1-4H3,(H,29,32). The Labute approximate surface area is 219 Å². The number of fused-ring (bicyclic) bond motifs is 1. The highest BCUT2D eigenvalue weighted by molar-refractivity contribution is 7.18. The molecule has 9 heteroatoms. The summed E-state index contributed by atoms with van der Waals surface area (Å²) in [5, 5.41) is 3.41. The van der Waals surface area contributed by atoms with E-state index in [1.807, 2.05) is 62.4 Å². The van der Waals surface area contributed by atoms with Gasteiger partial charge >= 0.3 is 5.69 Å². The first-order valence-corrected chi connectivity index (χ1v) is 12.9. The topological polar surface area (TPSA) is 91.6 Å². The van der Waals surface area contributed by atoms with Crippen molar-refractivity contribution in [3.63, 3.8) is 0 Å². The minimum absolute atomic E-state index is 0.160. The van der Waals surface area contributed by atoms with Crippen molar-refractivity contribution in [3.8, 4) is 11.5 Å². The normalized spacial score (nSPS) is 11.0. The Morgan fingerprint density at radius 2 is 1.65 bits per heavy atom. The van der Waals surface area contributed by atoms with Crippen LogP contribution in [0.3, 0.4) is 0 Å². The van der Waals surface area contributed by atoms with E-state index in [0.29, 0.717) is 41.1 Å². The molecule has 0 atom stereocenters. The van der Waals surface area contributed by atoms with Crippen molar-refractivity contribution in [2.45, 2.75) is 39.8 Å². The van der Waals surface area contributed by atoms with Gasteiger partial charge in [-0.15, -0.1) is 11.3 Å². The van der Waals surface area contributed by atoms with Gasteiger partial charge in [0.25, 0.3) is 5.56 Å². The zero-order valence-electron chi connectivity index (χ0n) is 21.5. The van der Waals surface area contributed by atoms with Gasteiger partial charge in [0.2, 0.25) is 5.91 Å². The Hall–Kier alpha value is -3.85. The summed E-state index contributed by atoms with van der Waals surface area (Å²) in [6.07, 6.45) is 1.13. The number of hydrogen-bond donors (Lipinski definition) is 1. The number of amides is 1. The number of nitrogens with zero attached hydrogens (tertiary/aromatic N) is 2. The molecule has 0 aliphatic carbocycles. The largest absolute Gasteiger partial charge is 0.493 e. The summed E-state index contributed by atoms with van der Waals surface area (Å²) < 4.78 is 13.3. The molecule has 0 spiro atoms. The minimum Gasteiger partial charge on any atom is -0.493 e. The quantitative estimate of drug-likeness (QED) is 0.345. The summed E-state index contributed by atoms with van der Waals surface area (Å²) in [5.41, 5.74) is 2.09. The van der Waals surface area contributed by atoms with Crippen molar-refractivity contribution < 1.29 is 14.3 Å². The maximum atomic E-state index is 13.4. The van der Waals surface area contributed by atoms with E-state index in [9.17, 15) is 14.4 Å². The zero-order valence-corrected chi connectivity index (χ0v) is 22.3. The molecule has 2 heterocycles. The van der Waals surface area contributed by atoms with E-state index in [1.54, 1.807) is 14.2 Å². The Morgan fingerprint density at radius 1 is 0.919 bits per heavy atom. The van der Waals surface area contributed by atoms with Crippen molar-refractivity contribution in [3.05, 3.63) is 90.9 Å². The number of aromatic nitrogens is 2. The third-order valence-electron chi connectivity index (χ3n) is 6.49. The number of methoxy groups -OCH3 is 2. The summed E-state index contributed by atoms with van der Waals surface area (Å²) in [7, 11) is 3.16. The third kappa shape index (κ3) is 5.61. The molecule has 4 rings (SSSR count). The van der Waals surface area contributed by atoms with Crippen molar-refractivity contribution in [1.82, 2.24) is 14.5 Å². The highest BCUT2D eigenvalue weighted by Gasteiger charge is 2.20. The van der Waals surface area contributed by atoms with Gasteiger partial charge in [0.05, 0.1) is 19.6 Å². The van der Waals surface area contributed by atoms with Crippen LogP contribution >= 0.6 is 11.3 Å². The van der Waals surface area contributed by atoms with Crippen LogP contribution in [-0.2, 0) is 30.7 Å². The lowest BCUT2D eigenvalue weighted by molar-refractivity contribution is -0.121. The second-order valence-electron chi connectivity index (χ2n) is 8.81. The number of carbonyl (C=O) groups is 1. The van der Waals surface area contributed by atoms with Gasteiger partial charge in [-0.2, -0.15) is 0 Å². The van der Waals surface area contributed by atoms with Crippen LogP contribution in [0.4, 0.5) is 0 Å². The van der Waals surface area contributed by atoms with Crippen LogP contribution in [0, 0.1) is 13.8 Å². The minimum atomic E-state index is -0.468. The average molecular weight is 522 g/mol. The number of ether oxygens (including phenoxy) is 2. The van der Waals surface area contributed by atoms with Gasteiger partial charge in [0, 0.05) is 18.0 Å². The lowest BCUT2D eigenvalue weighted by Crippen LogP contribution is -2.43. The Bertz CT molecular complexity index is 1540. The molecule has 0 saturated heterocycles. The summed E-state index contributed by atoms with van der Waals surface area (Å²) in [5.74, 6) is 0.977. The second-order valence-corrected chi connectivity index (χ2v) is 10.0. The lowest BCUT2D eigenvalue weighted by atomic mass is 10.1. The van der Waals surface area contributed by atoms with Crippen molar-refractivity contribution in [2.75, 3.05) is 20.8 Å². The third-order valence-corrected chi connectivity index (χ3v) is 7.72. The molecule has 2 aromatic carbocycles. The Kier molecular flexibility index (Phi) is 8.13. The molecule has 0 bridgehead atoms. The summed E-state index contributed by atoms with van der Waals surface area (Å²) >= 11 is 1.37. The second kappa shape index (κ2) is 11.5. The van der Waals surface area contributed by atoms with Crippen LogP contribution in [-0.4, -0.2) is 35.8 Å². The van der Waals surface area contributed by atoms with Crippen LogP contribution < -0.4 is 26.0 Å². The number of carbonyl (C=O) groups excluding carboxylic acids is 1. The summed E-state index contributed by atoms with van der Waals surface area (Å²) in [4.78, 5) is 41.1. The molecular weight excluding hydrogens is 490 g/mol. The van der Waals surface area contributed by atoms with E-state index in [1.165, 1.54) is 20.5 Å². The highest BCUT2D eigenvalue weighted by Crippen LogP contribution is 2.28. The fourth-order valence-electron chi connectivity index (χ4n) is 4.31. The Morgan fingerprint density at radius 3 is 2.35 bits per heavy atom. The van der Waals surface area contributed by atoms with Crippen LogP contribution in [0.25, 0.3) is 10.2 Å². The Balaban J connectivity index is 1.54. The predicted molar refractivity (Wildman–Crippen MR) is 146 cm³/mol. The summed E-state index contributed by atoms with van der Waals surface area (Å²) in [6.45, 7) is 4.28. The molecule has 0 fully saturated rings. The SMILES string of the molecule is COc1ccc(CCNC(=O)Cn2c(=O)n(CCc3ccccc3)c(=O)c3c(C)c(C)sc32)cc1OC. The maximum absolute atomic E-state index is 13.4. The number of rotatable bonds is 10. The molecule has 2 aromatic heterocycles. The van der Waals surface area contributed by atoms with Crippen LogP contribution in [0.5, 0.6) is 11.5 Å². The van der Waals surface area contributed by atoms with Gasteiger partial charge in [-0.05, 0) is 55.5 Å². The van der Waals surface area contributed by atoms with E-state index in [2.05, 4.69) is 5.32 Å². The molecule has 0 saturated carbocycles. The van der Waals surface area contributed by atoms with E-state index in [4.69, 9.17) is 9.47 Å². The van der Waals surface area contributed by atoms with Crippen molar-refractivity contribution >= 4 is 27.5 Å². The molecule has 0 aliphatic rings. The predicted octanol–water partition coefficient (Wildman–Crippen LogP) is 3.46. The molecule has 1 N–H and O–H groups in total. The van der Waals surface area contributed by atoms with E-state index >= 15 is 0 Å². The first-order valence-electron chi connectivity index (χ1n) is 12.1. The maximum Gasteiger partial charge on any atom is 0.332 e. The molecule has 37 heavy (non-hydrogen) atoms. The molecule has 194 valence electrons. The van der Waals surface area contributed by atoms with E-state index in [0.717, 1.165) is 21.6 Å². The lowest BCUT2D eigenvalue weighted by Gasteiger charge is -2.13. The average Bonchev–Trinajstić information content (AvgIpc) is 3.20. The fraction of sp³-hybridized carbons (Fsp3) is 0.321. The molecule has 0 radical (unpaired) electrons. The monoisotopic (exact) mass is 521 g/mol. The zero-order chi connectivity index (χ0) is 26.5. The number of thiophene rings is 1. The first kappa shape index (κ1) is 26.2. The number of hydrogen-bond acceptors (Lipinski definition) is 6. The van der Waals surface area contributed by atoms with E-state index in [-0.39, 0.29) is 24.6 Å². The van der Waals surface area contributed by atoms with Gasteiger partial charge in [0.15, 0.2) is 11.5 Å². The van der Waals surface area contributed by atoms with Gasteiger partial charge in [-0.25, -0.2) is 4.79 Å². The number of nitrogens with one attached hydrogen (secondary N) is 1. The molecule has 0 unspecified atom stereocenters. The molecule has 4 aromatic rings. The van der Waals surface area contributed by atoms with Crippen molar-refractivity contribution in [2.24, 2.45) is 0 Å². The van der Waals surface area contributed by atoms with Crippen LogP contribution in [0.1, 0.15) is 21.6 Å². The molecular formula is C28H31N3O5S. The first-order chi connectivity index (χ1) is 17.8. The molecule has 1 amide bonds. The smallest absolute Gasteiger partial charge is 0.332 e. The van der Waals surface area contributed by atoms with E-state index < -0.39 is 5.69 Å². The molecule has 0 aliphatic heterocycles. The van der Waals surface area contributed by atoms with Gasteiger partial charge in [-0.3, -0.25) is 18.7 Å². The van der Waals surface area contributed by atoms with Crippen LogP contribution in [0.2, 0.25) is 0 Å².